The molecule has 2 atom stereocenters. The van der Waals surface area contributed by atoms with Gasteiger partial charge in [-0.05, 0) is 45.4 Å². The monoisotopic (exact) mass is 219 g/mol. The number of nitrogens with one attached hydrogen (secondary N) is 1. The summed E-state index contributed by atoms with van der Waals surface area (Å²) in [6.07, 6.45) is 4.56. The van der Waals surface area contributed by atoms with E-state index >= 15 is 0 Å². The number of anilines is 1. The highest BCUT2D eigenvalue weighted by molar-refractivity contribution is 5.41. The number of hydrogen-bond donors (Lipinski definition) is 1. The van der Waals surface area contributed by atoms with Crippen LogP contribution in [0, 0.1) is 0 Å². The maximum absolute atomic E-state index is 4.57. The third-order valence-corrected chi connectivity index (χ3v) is 3.55. The lowest BCUT2D eigenvalue weighted by Crippen LogP contribution is -2.27. The smallest absolute Gasteiger partial charge is 0.128 e. The standard InChI is InChI=1S/C13H21N3/c1-10-5-4-8-16(10)13-7-6-12(9-15-13)11(2)14-3/h6-7,9-11,14H,4-5,8H2,1-3H3. The Morgan fingerprint density at radius 1 is 1.50 bits per heavy atom. The lowest BCUT2D eigenvalue weighted by Gasteiger charge is -2.23. The Hall–Kier alpha value is -1.09. The maximum Gasteiger partial charge on any atom is 0.128 e. The van der Waals surface area contributed by atoms with E-state index in [-0.39, 0.29) is 0 Å². The highest BCUT2D eigenvalue weighted by Crippen LogP contribution is 2.24. The molecular formula is C13H21N3. The van der Waals surface area contributed by atoms with E-state index in [1.165, 1.54) is 18.4 Å². The molecule has 0 amide bonds. The predicted octanol–water partition coefficient (Wildman–Crippen LogP) is 2.35. The molecule has 3 heteroatoms. The van der Waals surface area contributed by atoms with Gasteiger partial charge in [-0.3, -0.25) is 0 Å². The Balaban J connectivity index is 2.12. The second-order valence-corrected chi connectivity index (χ2v) is 4.64. The van der Waals surface area contributed by atoms with Gasteiger partial charge in [0.1, 0.15) is 5.82 Å². The van der Waals surface area contributed by atoms with E-state index in [0.717, 1.165) is 12.4 Å². The molecule has 2 heterocycles. The first-order valence-electron chi connectivity index (χ1n) is 6.12. The summed E-state index contributed by atoms with van der Waals surface area (Å²) in [5.41, 5.74) is 1.25. The van der Waals surface area contributed by atoms with E-state index in [0.29, 0.717) is 12.1 Å². The van der Waals surface area contributed by atoms with Gasteiger partial charge in [-0.25, -0.2) is 4.98 Å². The van der Waals surface area contributed by atoms with Gasteiger partial charge in [0.15, 0.2) is 0 Å². The summed E-state index contributed by atoms with van der Waals surface area (Å²) >= 11 is 0. The van der Waals surface area contributed by atoms with Gasteiger partial charge in [-0.2, -0.15) is 0 Å². The van der Waals surface area contributed by atoms with Gasteiger partial charge in [0.2, 0.25) is 0 Å². The summed E-state index contributed by atoms with van der Waals surface area (Å²) < 4.78 is 0. The first kappa shape index (κ1) is 11.4. The molecule has 1 aliphatic heterocycles. The second kappa shape index (κ2) is 4.83. The molecule has 2 unspecified atom stereocenters. The van der Waals surface area contributed by atoms with Crippen molar-refractivity contribution in [1.29, 1.82) is 0 Å². The van der Waals surface area contributed by atoms with Crippen LogP contribution < -0.4 is 10.2 Å². The Kier molecular flexibility index (Phi) is 3.44. The first-order chi connectivity index (χ1) is 7.72. The van der Waals surface area contributed by atoms with Gasteiger partial charge in [-0.15, -0.1) is 0 Å². The summed E-state index contributed by atoms with van der Waals surface area (Å²) in [5, 5.41) is 3.23. The topological polar surface area (TPSA) is 28.2 Å². The molecule has 3 nitrogen and oxygen atoms in total. The highest BCUT2D eigenvalue weighted by atomic mass is 15.2. The fourth-order valence-corrected chi connectivity index (χ4v) is 2.26. The molecular weight excluding hydrogens is 198 g/mol. The van der Waals surface area contributed by atoms with E-state index in [1.807, 2.05) is 13.2 Å². The van der Waals surface area contributed by atoms with Gasteiger partial charge >= 0.3 is 0 Å². The van der Waals surface area contributed by atoms with Crippen LogP contribution in [-0.2, 0) is 0 Å². The molecule has 1 N–H and O–H groups in total. The van der Waals surface area contributed by atoms with Gasteiger partial charge in [0, 0.05) is 24.8 Å². The Morgan fingerprint density at radius 2 is 2.31 bits per heavy atom. The van der Waals surface area contributed by atoms with Crippen molar-refractivity contribution in [1.82, 2.24) is 10.3 Å². The van der Waals surface area contributed by atoms with Crippen LogP contribution in [0.4, 0.5) is 5.82 Å². The fourth-order valence-electron chi connectivity index (χ4n) is 2.26. The molecule has 0 aliphatic carbocycles. The summed E-state index contributed by atoms with van der Waals surface area (Å²) in [6.45, 7) is 5.57. The molecule has 0 bridgehead atoms. The molecule has 1 aromatic heterocycles. The van der Waals surface area contributed by atoms with Crippen LogP contribution in [0.25, 0.3) is 0 Å². The number of pyridine rings is 1. The molecule has 88 valence electrons. The SMILES string of the molecule is CNC(C)c1ccc(N2CCCC2C)nc1. The predicted molar refractivity (Wildman–Crippen MR) is 67.8 cm³/mol. The molecule has 0 aromatic carbocycles. The van der Waals surface area contributed by atoms with E-state index in [9.17, 15) is 0 Å². The van der Waals surface area contributed by atoms with Gasteiger partial charge in [0.05, 0.1) is 0 Å². The van der Waals surface area contributed by atoms with Crippen molar-refractivity contribution in [3.8, 4) is 0 Å². The van der Waals surface area contributed by atoms with E-state index in [1.54, 1.807) is 0 Å². The van der Waals surface area contributed by atoms with Gasteiger partial charge < -0.3 is 10.2 Å². The zero-order valence-corrected chi connectivity index (χ0v) is 10.4. The average molecular weight is 219 g/mol. The third kappa shape index (κ3) is 2.19. The van der Waals surface area contributed by atoms with Crippen molar-refractivity contribution in [3.05, 3.63) is 23.9 Å². The van der Waals surface area contributed by atoms with Crippen LogP contribution in [-0.4, -0.2) is 24.6 Å². The van der Waals surface area contributed by atoms with Crippen molar-refractivity contribution < 1.29 is 0 Å². The maximum atomic E-state index is 4.57. The van der Waals surface area contributed by atoms with Crippen LogP contribution in [0.15, 0.2) is 18.3 Å². The van der Waals surface area contributed by atoms with Crippen molar-refractivity contribution >= 4 is 5.82 Å². The molecule has 0 saturated carbocycles. The molecule has 16 heavy (non-hydrogen) atoms. The minimum atomic E-state index is 0.373. The Labute approximate surface area is 97.9 Å². The average Bonchev–Trinajstić information content (AvgIpc) is 2.75. The Morgan fingerprint density at radius 3 is 2.81 bits per heavy atom. The second-order valence-electron chi connectivity index (χ2n) is 4.64. The molecule has 0 spiro atoms. The molecule has 1 aromatic rings. The molecule has 1 aliphatic rings. The van der Waals surface area contributed by atoms with Gasteiger partial charge in [-0.1, -0.05) is 6.07 Å². The van der Waals surface area contributed by atoms with E-state index in [2.05, 4.69) is 41.2 Å². The molecule has 2 rings (SSSR count). The first-order valence-corrected chi connectivity index (χ1v) is 6.12. The fraction of sp³-hybridized carbons (Fsp3) is 0.615. The van der Waals surface area contributed by atoms with Crippen molar-refractivity contribution in [3.63, 3.8) is 0 Å². The summed E-state index contributed by atoms with van der Waals surface area (Å²) in [7, 11) is 1.97. The van der Waals surface area contributed by atoms with E-state index in [4.69, 9.17) is 0 Å². The highest BCUT2D eigenvalue weighted by Gasteiger charge is 2.21. The molecule has 0 radical (unpaired) electrons. The zero-order chi connectivity index (χ0) is 11.5. The van der Waals surface area contributed by atoms with E-state index < -0.39 is 0 Å². The summed E-state index contributed by atoms with van der Waals surface area (Å²) in [5.74, 6) is 1.12. The number of rotatable bonds is 3. The minimum Gasteiger partial charge on any atom is -0.354 e. The van der Waals surface area contributed by atoms with Crippen LogP contribution in [0.5, 0.6) is 0 Å². The Bertz CT molecular complexity index is 334. The van der Waals surface area contributed by atoms with Crippen LogP contribution in [0.1, 0.15) is 38.3 Å². The molecule has 1 fully saturated rings. The number of nitrogens with zero attached hydrogens (tertiary/aromatic N) is 2. The third-order valence-electron chi connectivity index (χ3n) is 3.55. The lowest BCUT2D eigenvalue weighted by molar-refractivity contribution is 0.648. The van der Waals surface area contributed by atoms with Crippen LogP contribution in [0.2, 0.25) is 0 Å². The number of aromatic nitrogens is 1. The van der Waals surface area contributed by atoms with Crippen LogP contribution in [0.3, 0.4) is 0 Å². The van der Waals surface area contributed by atoms with Crippen molar-refractivity contribution in [2.75, 3.05) is 18.5 Å². The number of hydrogen-bond acceptors (Lipinski definition) is 3. The normalized spacial score (nSPS) is 22.4. The lowest BCUT2D eigenvalue weighted by atomic mass is 10.1. The minimum absolute atomic E-state index is 0.373. The quantitative estimate of drug-likeness (QED) is 0.846. The van der Waals surface area contributed by atoms with Gasteiger partial charge in [0.25, 0.3) is 0 Å². The van der Waals surface area contributed by atoms with Crippen LogP contribution >= 0.6 is 0 Å². The van der Waals surface area contributed by atoms with Crippen molar-refractivity contribution in [2.45, 2.75) is 38.8 Å². The largest absolute Gasteiger partial charge is 0.354 e. The summed E-state index contributed by atoms with van der Waals surface area (Å²) in [6, 6.07) is 5.33. The molecule has 1 saturated heterocycles. The zero-order valence-electron chi connectivity index (χ0n) is 10.4. The van der Waals surface area contributed by atoms with Crippen molar-refractivity contribution in [2.24, 2.45) is 0 Å². The summed E-state index contributed by atoms with van der Waals surface area (Å²) in [4.78, 5) is 6.96.